The predicted octanol–water partition coefficient (Wildman–Crippen LogP) is 2.14. The largest absolute Gasteiger partial charge is 0.299 e. The van der Waals surface area contributed by atoms with Gasteiger partial charge in [-0.15, -0.1) is 0 Å². The van der Waals surface area contributed by atoms with Gasteiger partial charge in [-0.25, -0.2) is 4.68 Å². The van der Waals surface area contributed by atoms with E-state index in [4.69, 9.17) is 0 Å². The highest BCUT2D eigenvalue weighted by atomic mass is 16.2. The molecule has 1 aromatic carbocycles. The first-order valence-electron chi connectivity index (χ1n) is 6.17. The van der Waals surface area contributed by atoms with Crippen LogP contribution in [-0.4, -0.2) is 21.5 Å². The highest BCUT2D eigenvalue weighted by Crippen LogP contribution is 2.25. The van der Waals surface area contributed by atoms with Crippen LogP contribution < -0.4 is 0 Å². The Hall–Kier alpha value is -1.97. The van der Waals surface area contributed by atoms with Crippen LogP contribution in [0.5, 0.6) is 0 Å². The molecule has 0 unspecified atom stereocenters. The topological polar surface area (TPSA) is 52.0 Å². The summed E-state index contributed by atoms with van der Waals surface area (Å²) in [5.41, 5.74) is 3.11. The number of ketones is 1. The summed E-state index contributed by atoms with van der Waals surface area (Å²) in [5, 5.41) is 5.02. The molecule has 0 saturated heterocycles. The van der Waals surface area contributed by atoms with Crippen molar-refractivity contribution in [3.05, 3.63) is 29.5 Å². The lowest BCUT2D eigenvalue weighted by atomic mass is 10.0. The van der Waals surface area contributed by atoms with Gasteiger partial charge in [-0.3, -0.25) is 9.59 Å². The number of nitrogens with zero attached hydrogens (tertiary/aromatic N) is 2. The van der Waals surface area contributed by atoms with Gasteiger partial charge in [-0.1, -0.05) is 0 Å². The van der Waals surface area contributed by atoms with E-state index in [0.717, 1.165) is 29.3 Å². The van der Waals surface area contributed by atoms with Crippen LogP contribution in [0.15, 0.2) is 18.3 Å². The summed E-state index contributed by atoms with van der Waals surface area (Å²) in [5.74, 6) is 0.210. The van der Waals surface area contributed by atoms with Gasteiger partial charge in [0.25, 0.3) is 0 Å². The van der Waals surface area contributed by atoms with Crippen molar-refractivity contribution in [2.75, 3.05) is 0 Å². The molecule has 1 aromatic heterocycles. The molecule has 0 aliphatic heterocycles. The van der Waals surface area contributed by atoms with Crippen LogP contribution in [0.1, 0.15) is 35.7 Å². The minimum absolute atomic E-state index is 0.0883. The molecule has 1 heterocycles. The Kier molecular flexibility index (Phi) is 2.51. The highest BCUT2D eigenvalue weighted by Gasteiger charge is 2.16. The van der Waals surface area contributed by atoms with Gasteiger partial charge in [0, 0.05) is 25.2 Å². The molecule has 1 aliphatic carbocycles. The minimum atomic E-state index is -0.0883. The molecule has 0 bridgehead atoms. The normalized spacial score (nSPS) is 15.5. The molecule has 2 aromatic rings. The fraction of sp³-hybridized carbons (Fsp3) is 0.357. The highest BCUT2D eigenvalue weighted by molar-refractivity contribution is 5.91. The van der Waals surface area contributed by atoms with Crippen molar-refractivity contribution in [3.63, 3.8) is 0 Å². The van der Waals surface area contributed by atoms with Crippen LogP contribution in [0.25, 0.3) is 10.9 Å². The summed E-state index contributed by atoms with van der Waals surface area (Å²) in [6, 6.07) is 4.01. The second-order valence-corrected chi connectivity index (χ2v) is 4.82. The second kappa shape index (κ2) is 4.05. The van der Waals surface area contributed by atoms with E-state index in [1.54, 1.807) is 6.20 Å². The van der Waals surface area contributed by atoms with Crippen LogP contribution in [0.2, 0.25) is 0 Å². The summed E-state index contributed by atoms with van der Waals surface area (Å²) in [7, 11) is 0. The maximum Gasteiger partial charge on any atom is 0.244 e. The van der Waals surface area contributed by atoms with E-state index in [9.17, 15) is 9.59 Å². The number of Topliss-reactive ketones (excluding diaryl/α,β-unsaturated/α-hetero) is 1. The first-order chi connectivity index (χ1) is 8.65. The van der Waals surface area contributed by atoms with E-state index in [-0.39, 0.29) is 5.91 Å². The van der Waals surface area contributed by atoms with E-state index in [1.807, 2.05) is 12.1 Å². The van der Waals surface area contributed by atoms with Gasteiger partial charge in [0.15, 0.2) is 0 Å². The van der Waals surface area contributed by atoms with E-state index < -0.39 is 0 Å². The first-order valence-corrected chi connectivity index (χ1v) is 6.17. The van der Waals surface area contributed by atoms with Crippen LogP contribution in [-0.2, 0) is 17.6 Å². The molecule has 0 radical (unpaired) electrons. The molecule has 4 nitrogen and oxygen atoms in total. The summed E-state index contributed by atoms with van der Waals surface area (Å²) >= 11 is 0. The monoisotopic (exact) mass is 242 g/mol. The quantitative estimate of drug-likeness (QED) is 0.665. The smallest absolute Gasteiger partial charge is 0.244 e. The lowest BCUT2D eigenvalue weighted by Crippen LogP contribution is -2.07. The zero-order valence-electron chi connectivity index (χ0n) is 10.3. The SMILES string of the molecule is CC(=O)n1ncc2cc3c(cc21)CCCC(=O)C3. The van der Waals surface area contributed by atoms with Crippen molar-refractivity contribution >= 4 is 22.6 Å². The fourth-order valence-electron chi connectivity index (χ4n) is 2.59. The van der Waals surface area contributed by atoms with E-state index in [2.05, 4.69) is 5.10 Å². The average Bonchev–Trinajstić information content (AvgIpc) is 2.62. The van der Waals surface area contributed by atoms with Crippen molar-refractivity contribution in [2.24, 2.45) is 0 Å². The number of carbonyl (C=O) groups is 2. The molecule has 0 N–H and O–H groups in total. The number of hydrogen-bond acceptors (Lipinski definition) is 3. The van der Waals surface area contributed by atoms with Gasteiger partial charge >= 0.3 is 0 Å². The summed E-state index contributed by atoms with van der Waals surface area (Å²) < 4.78 is 1.42. The maximum atomic E-state index is 11.6. The number of aryl methyl sites for hydroxylation is 1. The molecule has 4 heteroatoms. The lowest BCUT2D eigenvalue weighted by molar-refractivity contribution is -0.118. The van der Waals surface area contributed by atoms with Crippen LogP contribution in [0.4, 0.5) is 0 Å². The Bertz CT molecular complexity index is 655. The molecule has 92 valence electrons. The number of hydrogen-bond donors (Lipinski definition) is 0. The van der Waals surface area contributed by atoms with Gasteiger partial charge in [0.05, 0.1) is 11.7 Å². The summed E-state index contributed by atoms with van der Waals surface area (Å²) in [6.07, 6.45) is 4.65. The zero-order valence-corrected chi connectivity index (χ0v) is 10.3. The third kappa shape index (κ3) is 1.74. The molecule has 18 heavy (non-hydrogen) atoms. The average molecular weight is 242 g/mol. The summed E-state index contributed by atoms with van der Waals surface area (Å²) in [6.45, 7) is 1.50. The van der Waals surface area contributed by atoms with Gasteiger partial charge in [0.1, 0.15) is 5.78 Å². The van der Waals surface area contributed by atoms with E-state index in [0.29, 0.717) is 18.6 Å². The Balaban J connectivity index is 2.20. The van der Waals surface area contributed by atoms with Gasteiger partial charge in [0.2, 0.25) is 5.91 Å². The van der Waals surface area contributed by atoms with Gasteiger partial charge in [-0.2, -0.15) is 5.10 Å². The lowest BCUT2D eigenvalue weighted by Gasteiger charge is -2.06. The molecule has 0 atom stereocenters. The molecular weight excluding hydrogens is 228 g/mol. The molecule has 0 spiro atoms. The van der Waals surface area contributed by atoms with Crippen molar-refractivity contribution in [2.45, 2.75) is 32.6 Å². The molecule has 0 fully saturated rings. The minimum Gasteiger partial charge on any atom is -0.299 e. The standard InChI is InChI=1S/C14H14N2O2/c1-9(17)16-14-7-10-3-2-4-13(18)6-11(10)5-12(14)8-15-16/h5,7-8H,2-4,6H2,1H3. The first kappa shape index (κ1) is 11.1. The van der Waals surface area contributed by atoms with Crippen molar-refractivity contribution < 1.29 is 9.59 Å². The van der Waals surface area contributed by atoms with Crippen LogP contribution >= 0.6 is 0 Å². The molecule has 1 aliphatic rings. The van der Waals surface area contributed by atoms with Crippen molar-refractivity contribution in [3.8, 4) is 0 Å². The molecular formula is C14H14N2O2. The summed E-state index contributed by atoms with van der Waals surface area (Å²) in [4.78, 5) is 23.1. The fourth-order valence-corrected chi connectivity index (χ4v) is 2.59. The van der Waals surface area contributed by atoms with Crippen molar-refractivity contribution in [1.29, 1.82) is 0 Å². The predicted molar refractivity (Wildman–Crippen MR) is 67.7 cm³/mol. The number of aromatic nitrogens is 2. The van der Waals surface area contributed by atoms with Crippen molar-refractivity contribution in [1.82, 2.24) is 9.78 Å². The molecule has 3 rings (SSSR count). The Morgan fingerprint density at radius 1 is 1.28 bits per heavy atom. The third-order valence-electron chi connectivity index (χ3n) is 3.48. The molecule has 0 amide bonds. The van der Waals surface area contributed by atoms with Crippen LogP contribution in [0.3, 0.4) is 0 Å². The van der Waals surface area contributed by atoms with E-state index in [1.165, 1.54) is 17.2 Å². The Morgan fingerprint density at radius 3 is 2.89 bits per heavy atom. The van der Waals surface area contributed by atoms with Gasteiger partial charge in [-0.05, 0) is 36.1 Å². The third-order valence-corrected chi connectivity index (χ3v) is 3.48. The maximum absolute atomic E-state index is 11.6. The Labute approximate surface area is 105 Å². The van der Waals surface area contributed by atoms with E-state index >= 15 is 0 Å². The number of benzene rings is 1. The second-order valence-electron chi connectivity index (χ2n) is 4.82. The number of carbonyl (C=O) groups excluding carboxylic acids is 2. The Morgan fingerprint density at radius 2 is 2.11 bits per heavy atom. The molecule has 0 saturated carbocycles. The zero-order chi connectivity index (χ0) is 12.7. The van der Waals surface area contributed by atoms with Crippen LogP contribution in [0, 0.1) is 0 Å². The number of rotatable bonds is 0. The van der Waals surface area contributed by atoms with Gasteiger partial charge < -0.3 is 0 Å². The number of fused-ring (bicyclic) bond motifs is 2.